The first-order valence-electron chi connectivity index (χ1n) is 8.71. The van der Waals surface area contributed by atoms with E-state index in [1.165, 1.54) is 11.8 Å². The Labute approximate surface area is 149 Å². The lowest BCUT2D eigenvalue weighted by molar-refractivity contribution is -0.120. The van der Waals surface area contributed by atoms with Gasteiger partial charge in [0, 0.05) is 18.3 Å². The van der Waals surface area contributed by atoms with Crippen molar-refractivity contribution in [2.45, 2.75) is 40.5 Å². The van der Waals surface area contributed by atoms with E-state index >= 15 is 0 Å². The number of nitrogens with zero attached hydrogens (tertiary/aromatic N) is 1. The summed E-state index contributed by atoms with van der Waals surface area (Å²) in [5.41, 5.74) is 4.94. The Morgan fingerprint density at radius 3 is 2.00 bits per heavy atom. The van der Waals surface area contributed by atoms with Gasteiger partial charge in [0.05, 0.1) is 0 Å². The van der Waals surface area contributed by atoms with Gasteiger partial charge in [0.15, 0.2) is 0 Å². The van der Waals surface area contributed by atoms with Gasteiger partial charge in [0.1, 0.15) is 6.54 Å². The summed E-state index contributed by atoms with van der Waals surface area (Å²) < 4.78 is 0. The summed E-state index contributed by atoms with van der Waals surface area (Å²) in [6.45, 7) is 7.60. The monoisotopic (exact) mass is 338 g/mol. The van der Waals surface area contributed by atoms with Gasteiger partial charge in [-0.3, -0.25) is 9.59 Å². The van der Waals surface area contributed by atoms with Crippen molar-refractivity contribution in [2.24, 2.45) is 0 Å². The molecule has 0 spiro atoms. The first-order valence-corrected chi connectivity index (χ1v) is 8.71. The van der Waals surface area contributed by atoms with E-state index < -0.39 is 0 Å². The number of para-hydroxylation sites is 1. The van der Waals surface area contributed by atoms with Crippen LogP contribution in [0.3, 0.4) is 0 Å². The molecule has 2 amide bonds. The zero-order chi connectivity index (χ0) is 18.4. The SMILES string of the molecule is CCc1cccc(CC)c1NC(=O)CN(C(C)=O)c1ccc(C)cc1. The highest BCUT2D eigenvalue weighted by atomic mass is 16.2. The van der Waals surface area contributed by atoms with Gasteiger partial charge in [-0.05, 0) is 43.0 Å². The highest BCUT2D eigenvalue weighted by Crippen LogP contribution is 2.23. The van der Waals surface area contributed by atoms with Crippen molar-refractivity contribution >= 4 is 23.2 Å². The molecule has 0 aromatic heterocycles. The number of carbonyl (C=O) groups is 2. The molecule has 25 heavy (non-hydrogen) atoms. The zero-order valence-corrected chi connectivity index (χ0v) is 15.4. The van der Waals surface area contributed by atoms with Crippen molar-refractivity contribution in [3.05, 3.63) is 59.2 Å². The molecule has 4 heteroatoms. The van der Waals surface area contributed by atoms with E-state index in [0.29, 0.717) is 0 Å². The minimum Gasteiger partial charge on any atom is -0.324 e. The normalized spacial score (nSPS) is 10.4. The van der Waals surface area contributed by atoms with Crippen molar-refractivity contribution in [1.82, 2.24) is 0 Å². The van der Waals surface area contributed by atoms with Crippen LogP contribution in [-0.2, 0) is 22.4 Å². The number of hydrogen-bond donors (Lipinski definition) is 1. The lowest BCUT2D eigenvalue weighted by Gasteiger charge is -2.22. The molecule has 0 saturated carbocycles. The number of amides is 2. The molecule has 0 heterocycles. The lowest BCUT2D eigenvalue weighted by Crippen LogP contribution is -2.37. The summed E-state index contributed by atoms with van der Waals surface area (Å²) in [5.74, 6) is -0.343. The molecule has 0 aliphatic rings. The van der Waals surface area contributed by atoms with Crippen LogP contribution in [0, 0.1) is 6.92 Å². The summed E-state index contributed by atoms with van der Waals surface area (Å²) >= 11 is 0. The van der Waals surface area contributed by atoms with Crippen molar-refractivity contribution < 1.29 is 9.59 Å². The Kier molecular flexibility index (Phi) is 6.34. The van der Waals surface area contributed by atoms with Gasteiger partial charge < -0.3 is 10.2 Å². The summed E-state index contributed by atoms with van der Waals surface area (Å²) in [5, 5.41) is 3.01. The van der Waals surface area contributed by atoms with Crippen molar-refractivity contribution in [3.63, 3.8) is 0 Å². The van der Waals surface area contributed by atoms with Gasteiger partial charge in [-0.1, -0.05) is 49.7 Å². The molecule has 2 rings (SSSR count). The summed E-state index contributed by atoms with van der Waals surface area (Å²) in [6, 6.07) is 13.7. The standard InChI is InChI=1S/C21H26N2O2/c1-5-17-8-7-9-18(6-2)21(17)22-20(25)14-23(16(4)24)19-12-10-15(3)11-13-19/h7-13H,5-6,14H2,1-4H3,(H,22,25). The lowest BCUT2D eigenvalue weighted by atomic mass is 10.0. The molecule has 0 atom stereocenters. The first kappa shape index (κ1) is 18.7. The summed E-state index contributed by atoms with van der Waals surface area (Å²) in [7, 11) is 0. The summed E-state index contributed by atoms with van der Waals surface area (Å²) in [6.07, 6.45) is 1.69. The predicted octanol–water partition coefficient (Wildman–Crippen LogP) is 4.11. The van der Waals surface area contributed by atoms with E-state index in [9.17, 15) is 9.59 Å². The van der Waals surface area contributed by atoms with Gasteiger partial charge in [0.2, 0.25) is 11.8 Å². The topological polar surface area (TPSA) is 49.4 Å². The minimum absolute atomic E-state index is 0.000400. The molecular weight excluding hydrogens is 312 g/mol. The molecule has 0 aliphatic heterocycles. The maximum absolute atomic E-state index is 12.6. The number of aryl methyl sites for hydroxylation is 3. The fourth-order valence-corrected chi connectivity index (χ4v) is 2.83. The number of anilines is 2. The van der Waals surface area contributed by atoms with Gasteiger partial charge in [-0.25, -0.2) is 0 Å². The van der Waals surface area contributed by atoms with Gasteiger partial charge in [0.25, 0.3) is 0 Å². The largest absolute Gasteiger partial charge is 0.324 e. The number of carbonyl (C=O) groups excluding carboxylic acids is 2. The maximum Gasteiger partial charge on any atom is 0.244 e. The average molecular weight is 338 g/mol. The van der Waals surface area contributed by atoms with Gasteiger partial charge in [-0.15, -0.1) is 0 Å². The predicted molar refractivity (Wildman–Crippen MR) is 103 cm³/mol. The number of benzene rings is 2. The van der Waals surface area contributed by atoms with Gasteiger partial charge >= 0.3 is 0 Å². The fourth-order valence-electron chi connectivity index (χ4n) is 2.83. The highest BCUT2D eigenvalue weighted by molar-refractivity contribution is 6.02. The third-order valence-electron chi connectivity index (χ3n) is 4.29. The number of hydrogen-bond acceptors (Lipinski definition) is 2. The zero-order valence-electron chi connectivity index (χ0n) is 15.4. The Morgan fingerprint density at radius 2 is 1.52 bits per heavy atom. The first-order chi connectivity index (χ1) is 12.0. The molecule has 0 unspecified atom stereocenters. The van der Waals surface area contributed by atoms with Crippen LogP contribution in [0.1, 0.15) is 37.5 Å². The van der Waals surface area contributed by atoms with E-state index in [1.54, 1.807) is 0 Å². The molecule has 0 radical (unpaired) electrons. The Bertz CT molecular complexity index is 729. The molecule has 2 aromatic rings. The fraction of sp³-hybridized carbons (Fsp3) is 0.333. The van der Waals surface area contributed by atoms with Crippen LogP contribution in [-0.4, -0.2) is 18.4 Å². The van der Waals surface area contributed by atoms with Crippen LogP contribution in [0.25, 0.3) is 0 Å². The van der Waals surface area contributed by atoms with E-state index in [1.807, 2.05) is 49.4 Å². The maximum atomic E-state index is 12.6. The average Bonchev–Trinajstić information content (AvgIpc) is 2.60. The van der Waals surface area contributed by atoms with Gasteiger partial charge in [-0.2, -0.15) is 0 Å². The molecule has 4 nitrogen and oxygen atoms in total. The van der Waals surface area contributed by atoms with Crippen LogP contribution >= 0.6 is 0 Å². The minimum atomic E-state index is -0.189. The molecule has 0 aliphatic carbocycles. The Morgan fingerprint density at radius 1 is 0.960 bits per heavy atom. The van der Waals surface area contributed by atoms with Crippen molar-refractivity contribution in [2.75, 3.05) is 16.8 Å². The molecule has 0 bridgehead atoms. The van der Waals surface area contributed by atoms with Crippen LogP contribution in [0.4, 0.5) is 11.4 Å². The molecule has 2 aromatic carbocycles. The van der Waals surface area contributed by atoms with Crippen molar-refractivity contribution in [3.8, 4) is 0 Å². The highest BCUT2D eigenvalue weighted by Gasteiger charge is 2.17. The number of nitrogens with one attached hydrogen (secondary N) is 1. The van der Waals surface area contributed by atoms with Crippen LogP contribution in [0.5, 0.6) is 0 Å². The van der Waals surface area contributed by atoms with Crippen LogP contribution in [0.2, 0.25) is 0 Å². The van der Waals surface area contributed by atoms with E-state index in [2.05, 4.69) is 19.2 Å². The third-order valence-corrected chi connectivity index (χ3v) is 4.29. The second-order valence-electron chi connectivity index (χ2n) is 6.15. The third kappa shape index (κ3) is 4.69. The molecule has 1 N–H and O–H groups in total. The quantitative estimate of drug-likeness (QED) is 0.861. The second-order valence-corrected chi connectivity index (χ2v) is 6.15. The van der Waals surface area contributed by atoms with E-state index in [0.717, 1.165) is 40.9 Å². The second kappa shape index (κ2) is 8.47. The molecule has 132 valence electrons. The van der Waals surface area contributed by atoms with E-state index in [4.69, 9.17) is 0 Å². The smallest absolute Gasteiger partial charge is 0.244 e. The summed E-state index contributed by atoms with van der Waals surface area (Å²) in [4.78, 5) is 26.1. The van der Waals surface area contributed by atoms with Crippen LogP contribution < -0.4 is 10.2 Å². The van der Waals surface area contributed by atoms with Crippen LogP contribution in [0.15, 0.2) is 42.5 Å². The molecule has 0 saturated heterocycles. The molecular formula is C21H26N2O2. The molecule has 0 fully saturated rings. The Hall–Kier alpha value is -2.62. The van der Waals surface area contributed by atoms with E-state index in [-0.39, 0.29) is 18.4 Å². The number of rotatable bonds is 6. The Balaban J connectivity index is 2.20. The van der Waals surface area contributed by atoms with Crippen molar-refractivity contribution in [1.29, 1.82) is 0 Å².